The average molecular weight is 210 g/mol. The van der Waals surface area contributed by atoms with E-state index >= 15 is 0 Å². The van der Waals surface area contributed by atoms with Gasteiger partial charge >= 0.3 is 0 Å². The maximum Gasteiger partial charge on any atom is 0.218 e. The number of guanidine groups is 2. The van der Waals surface area contributed by atoms with Crippen molar-refractivity contribution in [2.24, 2.45) is 27.2 Å². The summed E-state index contributed by atoms with van der Waals surface area (Å²) < 4.78 is 0. The molecule has 2 aliphatic heterocycles. The molecule has 6 N–H and O–H groups in total. The van der Waals surface area contributed by atoms with Crippen LogP contribution in [0.1, 0.15) is 19.3 Å². The lowest BCUT2D eigenvalue weighted by Gasteiger charge is -2.16. The van der Waals surface area contributed by atoms with Crippen molar-refractivity contribution >= 4 is 11.9 Å². The molecule has 0 amide bonds. The Bertz CT molecular complexity index is 293. The number of hydrogen-bond acceptors (Lipinski definition) is 2. The highest BCUT2D eigenvalue weighted by Gasteiger charge is 2.37. The third-order valence-electron chi connectivity index (χ3n) is 3.11. The summed E-state index contributed by atoms with van der Waals surface area (Å²) in [6.07, 6.45) is 3.54. The van der Waals surface area contributed by atoms with Gasteiger partial charge in [-0.25, -0.2) is 4.99 Å². The van der Waals surface area contributed by atoms with Gasteiger partial charge in [-0.15, -0.1) is 0 Å². The zero-order chi connectivity index (χ0) is 10.8. The SMILES string of the molecule is NC(N)=NC(N)=NC1CCN2CCCC12. The highest BCUT2D eigenvalue weighted by atomic mass is 15.2. The van der Waals surface area contributed by atoms with Gasteiger partial charge in [0.1, 0.15) is 0 Å². The Morgan fingerprint density at radius 3 is 2.67 bits per heavy atom. The van der Waals surface area contributed by atoms with Crippen LogP contribution in [0.25, 0.3) is 0 Å². The molecule has 0 radical (unpaired) electrons. The molecular formula is C9H18N6. The molecule has 2 rings (SSSR count). The second-order valence-corrected chi connectivity index (χ2v) is 4.13. The first-order chi connectivity index (χ1) is 7.16. The Labute approximate surface area is 89.2 Å². The summed E-state index contributed by atoms with van der Waals surface area (Å²) in [7, 11) is 0. The smallest absolute Gasteiger partial charge is 0.218 e. The first kappa shape index (κ1) is 10.2. The minimum atomic E-state index is -0.0301. The number of aliphatic imine (C=N–C) groups is 2. The maximum atomic E-state index is 5.62. The van der Waals surface area contributed by atoms with Crippen LogP contribution in [0.3, 0.4) is 0 Å². The lowest BCUT2D eigenvalue weighted by molar-refractivity contribution is 0.314. The number of nitrogens with zero attached hydrogens (tertiary/aromatic N) is 3. The zero-order valence-corrected chi connectivity index (χ0v) is 8.76. The molecule has 2 unspecified atom stereocenters. The third kappa shape index (κ3) is 2.20. The van der Waals surface area contributed by atoms with Crippen LogP contribution in [0.4, 0.5) is 0 Å². The summed E-state index contributed by atoms with van der Waals surface area (Å²) in [6, 6.07) is 0.827. The summed E-state index contributed by atoms with van der Waals surface area (Å²) in [6.45, 7) is 2.31. The number of hydrogen-bond donors (Lipinski definition) is 3. The molecule has 0 aromatic rings. The van der Waals surface area contributed by atoms with E-state index in [2.05, 4.69) is 14.9 Å². The molecule has 0 aromatic carbocycles. The van der Waals surface area contributed by atoms with Gasteiger partial charge in [0.05, 0.1) is 6.04 Å². The molecule has 0 aromatic heterocycles. The average Bonchev–Trinajstić information content (AvgIpc) is 2.68. The van der Waals surface area contributed by atoms with Crippen molar-refractivity contribution in [1.82, 2.24) is 4.90 Å². The highest BCUT2D eigenvalue weighted by Crippen LogP contribution is 2.29. The van der Waals surface area contributed by atoms with Crippen molar-refractivity contribution in [1.29, 1.82) is 0 Å². The monoisotopic (exact) mass is 210 g/mol. The van der Waals surface area contributed by atoms with Crippen molar-refractivity contribution < 1.29 is 0 Å². The fourth-order valence-electron chi connectivity index (χ4n) is 2.54. The van der Waals surface area contributed by atoms with E-state index in [0.717, 1.165) is 13.0 Å². The number of rotatable bonds is 1. The van der Waals surface area contributed by atoms with Crippen LogP contribution in [-0.2, 0) is 0 Å². The van der Waals surface area contributed by atoms with E-state index in [-0.39, 0.29) is 18.0 Å². The van der Waals surface area contributed by atoms with Gasteiger partial charge in [-0.3, -0.25) is 4.90 Å². The molecule has 0 bridgehead atoms. The molecular weight excluding hydrogens is 192 g/mol. The molecule has 2 heterocycles. The van der Waals surface area contributed by atoms with Crippen molar-refractivity contribution in [2.45, 2.75) is 31.3 Å². The van der Waals surface area contributed by atoms with Gasteiger partial charge in [0.25, 0.3) is 0 Å². The molecule has 6 heteroatoms. The molecule has 0 aliphatic carbocycles. The molecule has 2 saturated heterocycles. The zero-order valence-electron chi connectivity index (χ0n) is 8.76. The second-order valence-electron chi connectivity index (χ2n) is 4.13. The Morgan fingerprint density at radius 2 is 1.93 bits per heavy atom. The molecule has 15 heavy (non-hydrogen) atoms. The summed E-state index contributed by atoms with van der Waals surface area (Å²) in [5.41, 5.74) is 16.1. The van der Waals surface area contributed by atoms with Gasteiger partial charge in [-0.1, -0.05) is 0 Å². The van der Waals surface area contributed by atoms with E-state index in [0.29, 0.717) is 6.04 Å². The second kappa shape index (κ2) is 4.06. The van der Waals surface area contributed by atoms with E-state index in [1.165, 1.54) is 19.4 Å². The van der Waals surface area contributed by atoms with Crippen LogP contribution in [0.2, 0.25) is 0 Å². The van der Waals surface area contributed by atoms with Crippen LogP contribution >= 0.6 is 0 Å². The summed E-state index contributed by atoms with van der Waals surface area (Å²) in [5.74, 6) is 0.172. The first-order valence-electron chi connectivity index (χ1n) is 5.34. The van der Waals surface area contributed by atoms with Gasteiger partial charge in [-0.2, -0.15) is 4.99 Å². The Kier molecular flexibility index (Phi) is 2.77. The Balaban J connectivity index is 2.03. The topological polar surface area (TPSA) is 106 Å². The molecule has 84 valence electrons. The molecule has 2 fully saturated rings. The van der Waals surface area contributed by atoms with E-state index in [9.17, 15) is 0 Å². The molecule has 0 saturated carbocycles. The van der Waals surface area contributed by atoms with E-state index in [1.807, 2.05) is 0 Å². The lowest BCUT2D eigenvalue weighted by atomic mass is 10.1. The van der Waals surface area contributed by atoms with Crippen LogP contribution < -0.4 is 17.2 Å². The third-order valence-corrected chi connectivity index (χ3v) is 3.11. The standard InChI is InChI=1S/C9H18N6/c10-8(11)14-9(12)13-6-3-5-15-4-1-2-7(6)15/h6-7H,1-5H2,(H6,10,11,12,13,14). The van der Waals surface area contributed by atoms with Crippen LogP contribution in [0.15, 0.2) is 9.98 Å². The molecule has 2 atom stereocenters. The van der Waals surface area contributed by atoms with Crippen molar-refractivity contribution in [3.63, 3.8) is 0 Å². The quantitative estimate of drug-likeness (QED) is 0.374. The van der Waals surface area contributed by atoms with E-state index in [4.69, 9.17) is 17.2 Å². The summed E-state index contributed by atoms with van der Waals surface area (Å²) in [4.78, 5) is 10.6. The first-order valence-corrected chi connectivity index (χ1v) is 5.34. The highest BCUT2D eigenvalue weighted by molar-refractivity contribution is 5.92. The van der Waals surface area contributed by atoms with E-state index in [1.54, 1.807) is 0 Å². The minimum absolute atomic E-state index is 0.0301. The Hall–Kier alpha value is -1.30. The van der Waals surface area contributed by atoms with Crippen LogP contribution in [0, 0.1) is 0 Å². The van der Waals surface area contributed by atoms with Crippen LogP contribution in [-0.4, -0.2) is 42.0 Å². The van der Waals surface area contributed by atoms with Gasteiger partial charge in [0, 0.05) is 12.6 Å². The molecule has 0 spiro atoms. The van der Waals surface area contributed by atoms with Gasteiger partial charge in [0.15, 0.2) is 5.96 Å². The predicted molar refractivity (Wildman–Crippen MR) is 60.4 cm³/mol. The van der Waals surface area contributed by atoms with Gasteiger partial charge in [0.2, 0.25) is 5.96 Å². The van der Waals surface area contributed by atoms with Crippen molar-refractivity contribution in [2.75, 3.05) is 13.1 Å². The summed E-state index contributed by atoms with van der Waals surface area (Å²) in [5, 5.41) is 0. The Morgan fingerprint density at radius 1 is 1.13 bits per heavy atom. The largest absolute Gasteiger partial charge is 0.370 e. The van der Waals surface area contributed by atoms with E-state index < -0.39 is 0 Å². The number of nitrogens with two attached hydrogens (primary N) is 3. The minimum Gasteiger partial charge on any atom is -0.370 e. The maximum absolute atomic E-state index is 5.62. The van der Waals surface area contributed by atoms with Gasteiger partial charge < -0.3 is 17.2 Å². The molecule has 6 nitrogen and oxygen atoms in total. The number of fused-ring (bicyclic) bond motifs is 1. The van der Waals surface area contributed by atoms with Crippen molar-refractivity contribution in [3.8, 4) is 0 Å². The normalized spacial score (nSPS) is 31.6. The van der Waals surface area contributed by atoms with Crippen LogP contribution in [0.5, 0.6) is 0 Å². The lowest BCUT2D eigenvalue weighted by Crippen LogP contribution is -2.30. The van der Waals surface area contributed by atoms with Crippen molar-refractivity contribution in [3.05, 3.63) is 0 Å². The summed E-state index contributed by atoms with van der Waals surface area (Å²) >= 11 is 0. The molecule has 2 aliphatic rings. The van der Waals surface area contributed by atoms with Gasteiger partial charge in [-0.05, 0) is 25.8 Å². The predicted octanol–water partition coefficient (Wildman–Crippen LogP) is -1.19. The fourth-order valence-corrected chi connectivity index (χ4v) is 2.54. The fraction of sp³-hybridized carbons (Fsp3) is 0.778.